The van der Waals surface area contributed by atoms with Gasteiger partial charge in [0.15, 0.2) is 0 Å². The van der Waals surface area contributed by atoms with Crippen LogP contribution < -0.4 is 5.32 Å². The first-order valence-electron chi connectivity index (χ1n) is 6.72. The van der Waals surface area contributed by atoms with Gasteiger partial charge >= 0.3 is 0 Å². The van der Waals surface area contributed by atoms with Crippen LogP contribution in [0.3, 0.4) is 0 Å². The van der Waals surface area contributed by atoms with Crippen LogP contribution in [-0.2, 0) is 0 Å². The van der Waals surface area contributed by atoms with Crippen molar-refractivity contribution in [2.45, 2.75) is 0 Å². The Morgan fingerprint density at radius 1 is 0.909 bits per heavy atom. The highest BCUT2D eigenvalue weighted by atomic mass is 19.1. The lowest BCUT2D eigenvalue weighted by Gasteiger charge is -2.06. The van der Waals surface area contributed by atoms with Gasteiger partial charge in [0.05, 0.1) is 11.1 Å². The maximum Gasteiger partial charge on any atom is 0.141 e. The highest BCUT2D eigenvalue weighted by Crippen LogP contribution is 2.23. The van der Waals surface area contributed by atoms with Crippen molar-refractivity contribution in [3.05, 3.63) is 71.4 Å². The van der Waals surface area contributed by atoms with Crippen LogP contribution in [0.1, 0.15) is 11.1 Å². The Balaban J connectivity index is 2.16. The molecule has 0 aliphatic rings. The first kappa shape index (κ1) is 14.0. The number of aromatic nitrogens is 1. The molecule has 2 nitrogen and oxygen atoms in total. The molecule has 3 aromatic rings. The van der Waals surface area contributed by atoms with Crippen LogP contribution in [-0.4, -0.2) is 12.0 Å². The van der Waals surface area contributed by atoms with Crippen molar-refractivity contribution in [3.8, 4) is 11.8 Å². The average Bonchev–Trinajstić information content (AvgIpc) is 2.54. The van der Waals surface area contributed by atoms with E-state index in [0.717, 1.165) is 16.6 Å². The minimum atomic E-state index is -0.670. The van der Waals surface area contributed by atoms with Crippen LogP contribution in [0.4, 0.5) is 14.6 Å². The molecule has 1 heterocycles. The Bertz CT molecular complexity index is 888. The summed E-state index contributed by atoms with van der Waals surface area (Å²) in [6, 6.07) is 11.3. The quantitative estimate of drug-likeness (QED) is 0.687. The molecule has 0 radical (unpaired) electrons. The van der Waals surface area contributed by atoms with Gasteiger partial charge in [-0.15, -0.1) is 0 Å². The number of anilines is 1. The van der Waals surface area contributed by atoms with Crippen LogP contribution in [0.15, 0.2) is 48.7 Å². The van der Waals surface area contributed by atoms with Gasteiger partial charge in [0.2, 0.25) is 0 Å². The summed E-state index contributed by atoms with van der Waals surface area (Å²) >= 11 is 0. The molecule has 0 aliphatic carbocycles. The fraction of sp³-hybridized carbons (Fsp3) is 0.0556. The van der Waals surface area contributed by atoms with E-state index < -0.39 is 11.6 Å². The first-order chi connectivity index (χ1) is 10.7. The van der Waals surface area contributed by atoms with E-state index in [2.05, 4.69) is 22.1 Å². The maximum absolute atomic E-state index is 13.6. The van der Waals surface area contributed by atoms with Crippen molar-refractivity contribution in [3.63, 3.8) is 0 Å². The lowest BCUT2D eigenvalue weighted by atomic mass is 10.1. The molecule has 0 spiro atoms. The van der Waals surface area contributed by atoms with Gasteiger partial charge in [-0.05, 0) is 12.1 Å². The first-order valence-corrected chi connectivity index (χ1v) is 6.72. The third kappa shape index (κ3) is 2.49. The third-order valence-corrected chi connectivity index (χ3v) is 3.32. The number of hydrogen-bond acceptors (Lipinski definition) is 2. The van der Waals surface area contributed by atoms with Gasteiger partial charge in [0.1, 0.15) is 17.5 Å². The van der Waals surface area contributed by atoms with Crippen molar-refractivity contribution < 1.29 is 8.78 Å². The van der Waals surface area contributed by atoms with E-state index in [9.17, 15) is 8.78 Å². The van der Waals surface area contributed by atoms with Crippen molar-refractivity contribution in [1.29, 1.82) is 0 Å². The molecule has 108 valence electrons. The van der Waals surface area contributed by atoms with Crippen LogP contribution >= 0.6 is 0 Å². The highest BCUT2D eigenvalue weighted by Gasteiger charge is 2.06. The molecular formula is C18H12F2N2. The Morgan fingerprint density at radius 3 is 2.27 bits per heavy atom. The monoisotopic (exact) mass is 294 g/mol. The van der Waals surface area contributed by atoms with Crippen LogP contribution in [0.2, 0.25) is 0 Å². The molecule has 4 heteroatoms. The number of fused-ring (bicyclic) bond motifs is 1. The predicted octanol–water partition coefficient (Wildman–Crippen LogP) is 3.95. The van der Waals surface area contributed by atoms with E-state index >= 15 is 0 Å². The summed E-state index contributed by atoms with van der Waals surface area (Å²) in [4.78, 5) is 4.28. The number of halogens is 2. The molecule has 0 bridgehead atoms. The molecule has 1 aromatic heterocycles. The molecule has 0 fully saturated rings. The predicted molar refractivity (Wildman–Crippen MR) is 83.6 cm³/mol. The molecule has 2 aromatic carbocycles. The Kier molecular flexibility index (Phi) is 3.71. The number of hydrogen-bond donors (Lipinski definition) is 1. The van der Waals surface area contributed by atoms with Gasteiger partial charge in [0, 0.05) is 24.0 Å². The lowest BCUT2D eigenvalue weighted by Crippen LogP contribution is -1.95. The number of pyridine rings is 1. The highest BCUT2D eigenvalue weighted by molar-refractivity contribution is 5.95. The molecule has 0 saturated heterocycles. The van der Waals surface area contributed by atoms with E-state index in [-0.39, 0.29) is 5.56 Å². The Labute approximate surface area is 126 Å². The van der Waals surface area contributed by atoms with Crippen LogP contribution in [0.5, 0.6) is 0 Å². The number of benzene rings is 2. The Hall–Kier alpha value is -2.93. The number of nitrogens with one attached hydrogen (secondary N) is 1. The summed E-state index contributed by atoms with van der Waals surface area (Å²) in [6.45, 7) is 0. The third-order valence-electron chi connectivity index (χ3n) is 3.32. The minimum absolute atomic E-state index is 0.232. The number of rotatable bonds is 1. The normalized spacial score (nSPS) is 10.1. The summed E-state index contributed by atoms with van der Waals surface area (Å²) in [5.41, 5.74) is 0.390. The van der Waals surface area contributed by atoms with E-state index in [1.807, 2.05) is 24.3 Å². The van der Waals surface area contributed by atoms with Crippen LogP contribution in [0.25, 0.3) is 10.8 Å². The summed E-state index contributed by atoms with van der Waals surface area (Å²) in [6.07, 6.45) is 1.60. The molecule has 1 N–H and O–H groups in total. The second-order valence-corrected chi connectivity index (χ2v) is 4.66. The molecular weight excluding hydrogens is 282 g/mol. The minimum Gasteiger partial charge on any atom is -0.373 e. The van der Waals surface area contributed by atoms with Gasteiger partial charge in [-0.2, -0.15) is 0 Å². The van der Waals surface area contributed by atoms with Crippen molar-refractivity contribution in [2.75, 3.05) is 12.4 Å². The molecule has 0 unspecified atom stereocenters. The van der Waals surface area contributed by atoms with Gasteiger partial charge in [-0.25, -0.2) is 13.8 Å². The fourth-order valence-electron chi connectivity index (χ4n) is 2.24. The zero-order chi connectivity index (χ0) is 15.5. The molecule has 0 saturated carbocycles. The van der Waals surface area contributed by atoms with Gasteiger partial charge in [-0.3, -0.25) is 0 Å². The van der Waals surface area contributed by atoms with E-state index in [1.54, 1.807) is 13.2 Å². The SMILES string of the molecule is CNc1ncc(C#Cc2c(F)cccc2F)c2ccccc12. The van der Waals surface area contributed by atoms with E-state index in [0.29, 0.717) is 5.56 Å². The zero-order valence-electron chi connectivity index (χ0n) is 11.8. The standard InChI is InChI=1S/C18H12F2N2/c1-21-18-14-6-3-2-5-13(14)12(11-22-18)9-10-15-16(19)7-4-8-17(15)20/h2-8,11H,1H3,(H,21,22). The zero-order valence-corrected chi connectivity index (χ0v) is 11.8. The summed E-state index contributed by atoms with van der Waals surface area (Å²) < 4.78 is 27.2. The average molecular weight is 294 g/mol. The Morgan fingerprint density at radius 2 is 1.59 bits per heavy atom. The van der Waals surface area contributed by atoms with Gasteiger partial charge in [0.25, 0.3) is 0 Å². The summed E-state index contributed by atoms with van der Waals surface area (Å²) in [7, 11) is 1.79. The topological polar surface area (TPSA) is 24.9 Å². The number of nitrogens with zero attached hydrogens (tertiary/aromatic N) is 1. The molecule has 0 amide bonds. The van der Waals surface area contributed by atoms with Crippen molar-refractivity contribution in [1.82, 2.24) is 4.98 Å². The molecule has 22 heavy (non-hydrogen) atoms. The smallest absolute Gasteiger partial charge is 0.141 e. The van der Waals surface area contributed by atoms with Gasteiger partial charge < -0.3 is 5.32 Å². The largest absolute Gasteiger partial charge is 0.373 e. The van der Waals surface area contributed by atoms with E-state index in [1.165, 1.54) is 18.2 Å². The summed E-state index contributed by atoms with van der Waals surface area (Å²) in [5.74, 6) is 4.78. The molecule has 0 atom stereocenters. The lowest BCUT2D eigenvalue weighted by molar-refractivity contribution is 0.577. The maximum atomic E-state index is 13.6. The van der Waals surface area contributed by atoms with Gasteiger partial charge in [-0.1, -0.05) is 42.2 Å². The van der Waals surface area contributed by atoms with E-state index in [4.69, 9.17) is 0 Å². The molecule has 0 aliphatic heterocycles. The molecule has 3 rings (SSSR count). The second-order valence-electron chi connectivity index (χ2n) is 4.66. The second kappa shape index (κ2) is 5.82. The van der Waals surface area contributed by atoms with Crippen LogP contribution in [0, 0.1) is 23.5 Å². The van der Waals surface area contributed by atoms with Crippen molar-refractivity contribution in [2.24, 2.45) is 0 Å². The van der Waals surface area contributed by atoms with Crippen molar-refractivity contribution >= 4 is 16.6 Å². The summed E-state index contributed by atoms with van der Waals surface area (Å²) in [5, 5.41) is 4.80. The fourth-order valence-corrected chi connectivity index (χ4v) is 2.24.